The third kappa shape index (κ3) is 12.1. The molecule has 0 aromatic rings. The summed E-state index contributed by atoms with van der Waals surface area (Å²) in [5, 5.41) is 0.436. The van der Waals surface area contributed by atoms with Crippen LogP contribution in [0.5, 0.6) is 0 Å². The van der Waals surface area contributed by atoms with Crippen LogP contribution in [-0.2, 0) is 7.67 Å². The van der Waals surface area contributed by atoms with Gasteiger partial charge in [0.2, 0.25) is 0 Å². The van der Waals surface area contributed by atoms with E-state index in [1.54, 1.807) is 0 Å². The van der Waals surface area contributed by atoms with E-state index in [1.807, 2.05) is 0 Å². The number of hydrogen-bond acceptors (Lipinski definition) is 2. The van der Waals surface area contributed by atoms with Gasteiger partial charge >= 0.3 is 89.8 Å². The van der Waals surface area contributed by atoms with Crippen LogP contribution in [0.15, 0.2) is 0 Å². The van der Waals surface area contributed by atoms with Gasteiger partial charge in [-0.05, 0) is 0 Å². The molecule has 0 aliphatic heterocycles. The molecule has 0 amide bonds. The molecule has 2 nitrogen and oxygen atoms in total. The van der Waals surface area contributed by atoms with E-state index in [0.29, 0.717) is 5.32 Å². The summed E-state index contributed by atoms with van der Waals surface area (Å²) in [7, 11) is 0. The van der Waals surface area contributed by atoms with Gasteiger partial charge in [-0.1, -0.05) is 0 Å². The number of rotatable bonds is 9. The molecule has 0 radical (unpaired) electrons. The van der Waals surface area contributed by atoms with Crippen molar-refractivity contribution < 1.29 is 7.67 Å². The van der Waals surface area contributed by atoms with Gasteiger partial charge in [0.25, 0.3) is 0 Å². The Bertz CT molecular complexity index is 207. The zero-order chi connectivity index (χ0) is 10.9. The van der Waals surface area contributed by atoms with Gasteiger partial charge in [-0.3, -0.25) is 0 Å². The van der Waals surface area contributed by atoms with Gasteiger partial charge in [0, 0.05) is 0 Å². The van der Waals surface area contributed by atoms with Crippen LogP contribution in [0.2, 0.25) is 11.1 Å². The van der Waals surface area contributed by atoms with Crippen molar-refractivity contribution in [3.8, 4) is 0 Å². The monoisotopic (exact) mass is 268 g/mol. The quantitative estimate of drug-likeness (QED) is 0.466. The van der Waals surface area contributed by atoms with E-state index in [1.165, 1.54) is 44.3 Å². The average molecular weight is 267 g/mol. The zero-order valence-corrected chi connectivity index (χ0v) is 11.3. The van der Waals surface area contributed by atoms with Crippen LogP contribution >= 0.6 is 0 Å². The third-order valence-corrected chi connectivity index (χ3v) is 4.53. The fourth-order valence-electron chi connectivity index (χ4n) is 1.50. The van der Waals surface area contributed by atoms with E-state index < -0.39 is 12.7 Å². The molecule has 0 heterocycles. The van der Waals surface area contributed by atoms with Crippen molar-refractivity contribution in [1.29, 1.82) is 0 Å². The summed E-state index contributed by atoms with van der Waals surface area (Å²) >= 11 is -3.40. The van der Waals surface area contributed by atoms with E-state index in [9.17, 15) is 7.67 Å². The Kier molecular flexibility index (Phi) is 8.50. The fraction of sp³-hybridized carbons (Fsp3) is 1.00. The molecule has 0 aromatic carbocycles. The molecule has 86 valence electrons. The summed E-state index contributed by atoms with van der Waals surface area (Å²) < 4.78 is 21.8. The molecule has 0 atom stereocenters. The molecule has 0 bridgehead atoms. The molecule has 0 rings (SSSR count). The van der Waals surface area contributed by atoms with E-state index in [2.05, 4.69) is 6.92 Å². The molecule has 0 aliphatic rings. The second kappa shape index (κ2) is 8.43. The van der Waals surface area contributed by atoms with Crippen molar-refractivity contribution in [1.82, 2.24) is 0 Å². The average Bonchev–Trinajstić information content (AvgIpc) is 2.08. The molecule has 0 aromatic heterocycles. The van der Waals surface area contributed by atoms with Crippen LogP contribution in [0.1, 0.15) is 58.3 Å². The fourth-order valence-corrected chi connectivity index (χ4v) is 3.03. The number of hydrogen-bond donors (Lipinski definition) is 0. The Morgan fingerprint density at radius 1 is 0.786 bits per heavy atom. The first-order valence-electron chi connectivity index (χ1n) is 5.74. The summed E-state index contributed by atoms with van der Waals surface area (Å²) in [4.78, 5) is 0. The first-order valence-corrected chi connectivity index (χ1v) is 10.1. The summed E-state index contributed by atoms with van der Waals surface area (Å²) in [6, 6.07) is 0. The Balaban J connectivity index is 3.07. The van der Waals surface area contributed by atoms with E-state index in [4.69, 9.17) is 0 Å². The predicted molar refractivity (Wildman–Crippen MR) is 60.4 cm³/mol. The third-order valence-electron chi connectivity index (χ3n) is 2.37. The van der Waals surface area contributed by atoms with Crippen molar-refractivity contribution in [3.05, 3.63) is 0 Å². The van der Waals surface area contributed by atoms with Crippen LogP contribution in [0.4, 0.5) is 0 Å². The van der Waals surface area contributed by atoms with E-state index in [-0.39, 0.29) is 0 Å². The molecule has 3 heteroatoms. The summed E-state index contributed by atoms with van der Waals surface area (Å²) in [5.74, 6) is 1.39. The van der Waals surface area contributed by atoms with Crippen molar-refractivity contribution >= 4 is 12.7 Å². The number of unbranched alkanes of at least 4 members (excludes halogenated alkanes) is 7. The van der Waals surface area contributed by atoms with Crippen molar-refractivity contribution in [2.45, 2.75) is 69.4 Å². The molecular weight excluding hydrogens is 243 g/mol. The van der Waals surface area contributed by atoms with Gasteiger partial charge in [-0.2, -0.15) is 0 Å². The minimum absolute atomic E-state index is 0.436. The minimum atomic E-state index is -3.40. The van der Waals surface area contributed by atoms with Crippen LogP contribution in [-0.4, -0.2) is 12.7 Å². The molecule has 0 N–H and O–H groups in total. The normalized spacial score (nSPS) is 11.9. The maximum atomic E-state index is 10.9. The van der Waals surface area contributed by atoms with Crippen molar-refractivity contribution in [3.63, 3.8) is 0 Å². The van der Waals surface area contributed by atoms with Crippen LogP contribution in [0.25, 0.3) is 0 Å². The first kappa shape index (κ1) is 14.1. The SMILES string of the molecule is CCCCCCCCCC[Se](C)(=O)=O. The molecule has 14 heavy (non-hydrogen) atoms. The molecular formula is C11H24O2Se. The molecule has 0 aliphatic carbocycles. The van der Waals surface area contributed by atoms with Crippen molar-refractivity contribution in [2.24, 2.45) is 0 Å². The second-order valence-electron chi connectivity index (χ2n) is 4.10. The Hall–Kier alpha value is 0.119. The van der Waals surface area contributed by atoms with Gasteiger partial charge in [-0.15, -0.1) is 0 Å². The van der Waals surface area contributed by atoms with Gasteiger partial charge < -0.3 is 0 Å². The molecule has 0 unspecified atom stereocenters. The molecule has 0 fully saturated rings. The first-order chi connectivity index (χ1) is 6.56. The van der Waals surface area contributed by atoms with Gasteiger partial charge in [0.1, 0.15) is 0 Å². The summed E-state index contributed by atoms with van der Waals surface area (Å²) in [6.45, 7) is 2.22. The topological polar surface area (TPSA) is 34.1 Å². The Morgan fingerprint density at radius 2 is 1.21 bits per heavy atom. The van der Waals surface area contributed by atoms with Gasteiger partial charge in [0.05, 0.1) is 0 Å². The van der Waals surface area contributed by atoms with Crippen LogP contribution < -0.4 is 0 Å². The van der Waals surface area contributed by atoms with Gasteiger partial charge in [0.15, 0.2) is 0 Å². The zero-order valence-electron chi connectivity index (χ0n) is 9.59. The Morgan fingerprint density at radius 3 is 1.64 bits per heavy atom. The van der Waals surface area contributed by atoms with Crippen molar-refractivity contribution in [2.75, 3.05) is 0 Å². The molecule has 0 spiro atoms. The van der Waals surface area contributed by atoms with E-state index in [0.717, 1.165) is 12.8 Å². The molecule has 0 saturated heterocycles. The predicted octanol–water partition coefficient (Wildman–Crippen LogP) is 4.06. The van der Waals surface area contributed by atoms with Gasteiger partial charge in [-0.25, -0.2) is 0 Å². The maximum absolute atomic E-state index is 10.9. The van der Waals surface area contributed by atoms with E-state index >= 15 is 0 Å². The summed E-state index contributed by atoms with van der Waals surface area (Å²) in [5.41, 5.74) is 0. The standard InChI is InChI=1S/C11H24O2Se/c1-3-4-5-6-7-8-9-10-11-14(2,12)13/h3-11H2,1-2H3. The van der Waals surface area contributed by atoms with Crippen LogP contribution in [0.3, 0.4) is 0 Å². The van der Waals surface area contributed by atoms with Crippen LogP contribution in [0, 0.1) is 0 Å². The summed E-state index contributed by atoms with van der Waals surface area (Å²) in [6.07, 6.45) is 9.73. The Labute approximate surface area is 90.1 Å². The second-order valence-corrected chi connectivity index (χ2v) is 8.85. The molecule has 0 saturated carbocycles.